The summed E-state index contributed by atoms with van der Waals surface area (Å²) in [5.74, 6) is -0.0980. The van der Waals surface area contributed by atoms with Crippen molar-refractivity contribution in [1.29, 1.82) is 0 Å². The lowest BCUT2D eigenvalue weighted by atomic mass is 10.2. The summed E-state index contributed by atoms with van der Waals surface area (Å²) in [5.41, 5.74) is 2.00. The summed E-state index contributed by atoms with van der Waals surface area (Å²) in [5, 5.41) is 4.40. The number of hydrogen-bond acceptors (Lipinski definition) is 6. The fraction of sp³-hybridized carbons (Fsp3) is 0.0435. The topological polar surface area (TPSA) is 76.9 Å². The van der Waals surface area contributed by atoms with Gasteiger partial charge in [0.05, 0.1) is 32.6 Å². The lowest BCUT2D eigenvalue weighted by Gasteiger charge is -2.13. The highest BCUT2D eigenvalue weighted by molar-refractivity contribution is 7.99. The van der Waals surface area contributed by atoms with Gasteiger partial charge in [-0.25, -0.2) is 9.97 Å². The number of hydrogen-bond donors (Lipinski definition) is 1. The van der Waals surface area contributed by atoms with Crippen LogP contribution in [0.2, 0.25) is 0 Å². The van der Waals surface area contributed by atoms with Crippen molar-refractivity contribution in [3.63, 3.8) is 0 Å². The predicted octanol–water partition coefficient (Wildman–Crippen LogP) is 4.73. The Hall–Kier alpha value is -3.49. The second-order valence-electron chi connectivity index (χ2n) is 6.71. The molecule has 0 fully saturated rings. The number of rotatable bonds is 5. The second-order valence-corrected chi connectivity index (χ2v) is 8.68. The number of amides is 1. The number of thiazole rings is 1. The first-order chi connectivity index (χ1) is 15.2. The molecule has 6 nitrogen and oxygen atoms in total. The maximum absolute atomic E-state index is 13.2. The predicted molar refractivity (Wildman–Crippen MR) is 126 cm³/mol. The molecule has 31 heavy (non-hydrogen) atoms. The van der Waals surface area contributed by atoms with Crippen LogP contribution in [0, 0.1) is 0 Å². The number of carbonyl (C=O) groups excluding carboxylic acids is 1. The normalized spacial score (nSPS) is 11.1. The van der Waals surface area contributed by atoms with E-state index in [-0.39, 0.29) is 17.2 Å². The zero-order chi connectivity index (χ0) is 21.2. The third-order valence-corrected chi connectivity index (χ3v) is 6.52. The molecular formula is C23H16N4O2S2. The Morgan fingerprint density at radius 2 is 1.61 bits per heavy atom. The van der Waals surface area contributed by atoms with Crippen LogP contribution < -0.4 is 10.9 Å². The molecular weight excluding hydrogens is 428 g/mol. The summed E-state index contributed by atoms with van der Waals surface area (Å²) in [7, 11) is 0. The first-order valence-corrected chi connectivity index (χ1v) is 11.3. The summed E-state index contributed by atoms with van der Waals surface area (Å²) in [6, 6.07) is 24.3. The summed E-state index contributed by atoms with van der Waals surface area (Å²) < 4.78 is 2.57. The molecule has 3 aromatic carbocycles. The fourth-order valence-corrected chi connectivity index (χ4v) is 4.92. The molecule has 1 N–H and O–H groups in total. The number of thioether (sulfide) groups is 1. The van der Waals surface area contributed by atoms with E-state index < -0.39 is 0 Å². The zero-order valence-corrected chi connectivity index (χ0v) is 17.8. The molecule has 0 spiro atoms. The smallest absolute Gasteiger partial charge is 0.266 e. The molecule has 1 amide bonds. The van der Waals surface area contributed by atoms with Crippen LogP contribution in [0.25, 0.3) is 26.8 Å². The van der Waals surface area contributed by atoms with Gasteiger partial charge in [-0.3, -0.25) is 14.2 Å². The average Bonchev–Trinajstić information content (AvgIpc) is 3.20. The number of fused-ring (bicyclic) bond motifs is 2. The minimum absolute atomic E-state index is 0.105. The molecule has 0 atom stereocenters. The van der Waals surface area contributed by atoms with E-state index in [4.69, 9.17) is 0 Å². The molecule has 8 heteroatoms. The number of carbonyl (C=O) groups is 1. The van der Waals surface area contributed by atoms with Gasteiger partial charge in [-0.05, 0) is 36.4 Å². The van der Waals surface area contributed by atoms with Crippen LogP contribution >= 0.6 is 23.1 Å². The quantitative estimate of drug-likeness (QED) is 0.313. The van der Waals surface area contributed by atoms with Gasteiger partial charge in [-0.15, -0.1) is 0 Å². The van der Waals surface area contributed by atoms with Crippen molar-refractivity contribution in [2.45, 2.75) is 5.16 Å². The van der Waals surface area contributed by atoms with E-state index in [0.29, 0.717) is 26.9 Å². The Bertz CT molecular complexity index is 1430. The number of anilines is 1. The molecule has 0 radical (unpaired) electrons. The van der Waals surface area contributed by atoms with Gasteiger partial charge in [-0.2, -0.15) is 0 Å². The highest BCUT2D eigenvalue weighted by Crippen LogP contribution is 2.26. The molecule has 0 aliphatic carbocycles. The van der Waals surface area contributed by atoms with Gasteiger partial charge in [-0.1, -0.05) is 65.6 Å². The summed E-state index contributed by atoms with van der Waals surface area (Å²) in [6.07, 6.45) is 0. The van der Waals surface area contributed by atoms with Gasteiger partial charge in [0.15, 0.2) is 10.3 Å². The van der Waals surface area contributed by atoms with Gasteiger partial charge in [0.2, 0.25) is 5.91 Å². The van der Waals surface area contributed by atoms with Crippen LogP contribution in [0.15, 0.2) is 88.8 Å². The van der Waals surface area contributed by atoms with Crippen molar-refractivity contribution in [1.82, 2.24) is 14.5 Å². The first kappa shape index (κ1) is 19.5. The van der Waals surface area contributed by atoms with Crippen molar-refractivity contribution in [3.05, 3.63) is 89.2 Å². The van der Waals surface area contributed by atoms with E-state index in [9.17, 15) is 9.59 Å². The SMILES string of the molecule is O=C(CSc1nc2ccccc2c(=O)n1-c1ccccc1)Nc1nc2ccccc2s1. The maximum atomic E-state index is 13.2. The van der Waals surface area contributed by atoms with Crippen LogP contribution in [-0.2, 0) is 4.79 Å². The van der Waals surface area contributed by atoms with Crippen molar-refractivity contribution < 1.29 is 4.79 Å². The molecule has 0 saturated heterocycles. The molecule has 2 heterocycles. The molecule has 0 aliphatic rings. The summed E-state index contributed by atoms with van der Waals surface area (Å²) >= 11 is 2.65. The Kier molecular flexibility index (Phi) is 5.23. The van der Waals surface area contributed by atoms with Crippen molar-refractivity contribution in [2.24, 2.45) is 0 Å². The third kappa shape index (κ3) is 3.95. The largest absolute Gasteiger partial charge is 0.301 e. The molecule has 5 rings (SSSR count). The molecule has 2 aromatic heterocycles. The van der Waals surface area contributed by atoms with Crippen LogP contribution in [0.4, 0.5) is 5.13 Å². The van der Waals surface area contributed by atoms with Gasteiger partial charge < -0.3 is 5.32 Å². The lowest BCUT2D eigenvalue weighted by Crippen LogP contribution is -2.22. The lowest BCUT2D eigenvalue weighted by molar-refractivity contribution is -0.113. The average molecular weight is 445 g/mol. The first-order valence-electron chi connectivity index (χ1n) is 9.54. The van der Waals surface area contributed by atoms with Crippen molar-refractivity contribution in [2.75, 3.05) is 11.1 Å². The Labute approximate surface area is 185 Å². The number of nitrogens with one attached hydrogen (secondary N) is 1. The van der Waals surface area contributed by atoms with E-state index in [1.165, 1.54) is 23.1 Å². The third-order valence-electron chi connectivity index (χ3n) is 4.63. The standard InChI is InChI=1S/C23H16N4O2S2/c28-20(26-22-24-18-12-6-7-13-19(18)31-22)14-30-23-25-17-11-5-4-10-16(17)21(29)27(23)15-8-2-1-3-9-15/h1-13H,14H2,(H,24,26,28). The molecule has 5 aromatic rings. The summed E-state index contributed by atoms with van der Waals surface area (Å²) in [4.78, 5) is 34.9. The molecule has 0 bridgehead atoms. The molecule has 0 saturated carbocycles. The van der Waals surface area contributed by atoms with Gasteiger partial charge >= 0.3 is 0 Å². The van der Waals surface area contributed by atoms with Crippen LogP contribution in [-0.4, -0.2) is 26.2 Å². The van der Waals surface area contributed by atoms with E-state index in [0.717, 1.165) is 10.2 Å². The zero-order valence-electron chi connectivity index (χ0n) is 16.2. The van der Waals surface area contributed by atoms with Crippen LogP contribution in [0.1, 0.15) is 0 Å². The van der Waals surface area contributed by atoms with E-state index in [1.807, 2.05) is 66.7 Å². The molecule has 0 unspecified atom stereocenters. The monoisotopic (exact) mass is 444 g/mol. The maximum Gasteiger partial charge on any atom is 0.266 e. The Morgan fingerprint density at radius 3 is 2.42 bits per heavy atom. The fourth-order valence-electron chi connectivity index (χ4n) is 3.23. The van der Waals surface area contributed by atoms with E-state index in [1.54, 1.807) is 16.7 Å². The van der Waals surface area contributed by atoms with Crippen LogP contribution in [0.5, 0.6) is 0 Å². The second kappa shape index (κ2) is 8.33. The van der Waals surface area contributed by atoms with Gasteiger partial charge in [0, 0.05) is 0 Å². The Balaban J connectivity index is 1.44. The number of nitrogens with zero attached hydrogens (tertiary/aromatic N) is 3. The minimum atomic E-state index is -0.203. The number of aromatic nitrogens is 3. The van der Waals surface area contributed by atoms with Crippen molar-refractivity contribution >= 4 is 55.3 Å². The van der Waals surface area contributed by atoms with E-state index >= 15 is 0 Å². The van der Waals surface area contributed by atoms with E-state index in [2.05, 4.69) is 15.3 Å². The summed E-state index contributed by atoms with van der Waals surface area (Å²) in [6.45, 7) is 0. The highest BCUT2D eigenvalue weighted by atomic mass is 32.2. The molecule has 0 aliphatic heterocycles. The van der Waals surface area contributed by atoms with Gasteiger partial charge in [0.1, 0.15) is 0 Å². The number of benzene rings is 3. The van der Waals surface area contributed by atoms with Crippen LogP contribution in [0.3, 0.4) is 0 Å². The number of para-hydroxylation sites is 3. The highest BCUT2D eigenvalue weighted by Gasteiger charge is 2.15. The minimum Gasteiger partial charge on any atom is -0.301 e. The molecule has 152 valence electrons. The van der Waals surface area contributed by atoms with Gasteiger partial charge in [0.25, 0.3) is 5.56 Å². The van der Waals surface area contributed by atoms with Crippen molar-refractivity contribution in [3.8, 4) is 5.69 Å². The Morgan fingerprint density at radius 1 is 0.903 bits per heavy atom.